The smallest absolute Gasteiger partial charge is 0.0734 e. The number of hydrogen-bond donors (Lipinski definition) is 0. The molecule has 27 heavy (non-hydrogen) atoms. The van der Waals surface area contributed by atoms with Crippen molar-refractivity contribution in [3.63, 3.8) is 0 Å². The van der Waals surface area contributed by atoms with E-state index in [1.165, 1.54) is 22.3 Å². The molecule has 0 fully saturated rings. The van der Waals surface area contributed by atoms with Gasteiger partial charge in [-0.1, -0.05) is 48.0 Å². The summed E-state index contributed by atoms with van der Waals surface area (Å²) in [6, 6.07) is 21.0. The molecule has 3 heteroatoms. The predicted molar refractivity (Wildman–Crippen MR) is 108 cm³/mol. The maximum atomic E-state index is 4.69. The minimum Gasteiger partial charge on any atom is -0.264 e. The van der Waals surface area contributed by atoms with E-state index < -0.39 is 0 Å². The van der Waals surface area contributed by atoms with E-state index in [2.05, 4.69) is 64.3 Å². The van der Waals surface area contributed by atoms with Crippen molar-refractivity contribution in [1.82, 2.24) is 15.0 Å². The van der Waals surface area contributed by atoms with Crippen LogP contribution in [0.25, 0.3) is 11.3 Å². The molecular weight excluding hydrogens is 330 g/mol. The van der Waals surface area contributed by atoms with Crippen LogP contribution in [0, 0.1) is 6.92 Å². The van der Waals surface area contributed by atoms with Crippen LogP contribution in [0.2, 0.25) is 0 Å². The summed E-state index contributed by atoms with van der Waals surface area (Å²) in [5.41, 5.74) is 7.02. The van der Waals surface area contributed by atoms with Crippen molar-refractivity contribution >= 4 is 0 Å². The highest BCUT2D eigenvalue weighted by molar-refractivity contribution is 5.63. The second kappa shape index (κ2) is 7.92. The zero-order valence-corrected chi connectivity index (χ0v) is 15.3. The summed E-state index contributed by atoms with van der Waals surface area (Å²) in [5, 5.41) is 0. The van der Waals surface area contributed by atoms with E-state index >= 15 is 0 Å². The Morgan fingerprint density at radius 2 is 1.37 bits per heavy atom. The van der Waals surface area contributed by atoms with E-state index in [1.807, 2.05) is 49.2 Å². The lowest BCUT2D eigenvalue weighted by atomic mass is 9.86. The van der Waals surface area contributed by atoms with E-state index in [-0.39, 0.29) is 5.92 Å². The van der Waals surface area contributed by atoms with Crippen LogP contribution >= 0.6 is 0 Å². The van der Waals surface area contributed by atoms with Crippen molar-refractivity contribution < 1.29 is 0 Å². The molecule has 132 valence electrons. The Morgan fingerprint density at radius 1 is 0.741 bits per heavy atom. The summed E-state index contributed by atoms with van der Waals surface area (Å²) in [4.78, 5) is 13.3. The molecule has 0 radical (unpaired) electrons. The maximum Gasteiger partial charge on any atom is 0.0734 e. The van der Waals surface area contributed by atoms with Crippen molar-refractivity contribution in [2.45, 2.75) is 19.3 Å². The van der Waals surface area contributed by atoms with Gasteiger partial charge in [-0.05, 0) is 48.2 Å². The van der Waals surface area contributed by atoms with Crippen LogP contribution in [0.4, 0.5) is 0 Å². The fourth-order valence-corrected chi connectivity index (χ4v) is 3.39. The zero-order chi connectivity index (χ0) is 18.5. The first kappa shape index (κ1) is 17.1. The van der Waals surface area contributed by atoms with Crippen molar-refractivity contribution in [2.24, 2.45) is 0 Å². The van der Waals surface area contributed by atoms with Crippen molar-refractivity contribution in [3.05, 3.63) is 114 Å². The Labute approximate surface area is 159 Å². The molecule has 4 aromatic rings. The van der Waals surface area contributed by atoms with Crippen molar-refractivity contribution in [1.29, 1.82) is 0 Å². The molecule has 3 nitrogen and oxygen atoms in total. The lowest BCUT2D eigenvalue weighted by molar-refractivity contribution is 0.792. The number of benzene rings is 1. The van der Waals surface area contributed by atoms with Crippen LogP contribution in [-0.2, 0) is 6.42 Å². The summed E-state index contributed by atoms with van der Waals surface area (Å²) >= 11 is 0. The summed E-state index contributed by atoms with van der Waals surface area (Å²) in [6.45, 7) is 2.10. The third-order valence-corrected chi connectivity index (χ3v) is 4.81. The summed E-state index contributed by atoms with van der Waals surface area (Å²) in [6.07, 6.45) is 10.2. The van der Waals surface area contributed by atoms with E-state index in [9.17, 15) is 0 Å². The van der Waals surface area contributed by atoms with Gasteiger partial charge in [0.15, 0.2) is 0 Å². The molecule has 0 bridgehead atoms. The molecule has 4 rings (SSSR count). The summed E-state index contributed by atoms with van der Waals surface area (Å²) in [5.74, 6) is 0.181. The second-order valence-corrected chi connectivity index (χ2v) is 6.71. The summed E-state index contributed by atoms with van der Waals surface area (Å²) in [7, 11) is 0. The average molecular weight is 351 g/mol. The monoisotopic (exact) mass is 351 g/mol. The van der Waals surface area contributed by atoms with Gasteiger partial charge in [-0.2, -0.15) is 0 Å². The number of nitrogens with zero attached hydrogens (tertiary/aromatic N) is 3. The quantitative estimate of drug-likeness (QED) is 0.495. The molecule has 0 aliphatic carbocycles. The van der Waals surface area contributed by atoms with Gasteiger partial charge in [0, 0.05) is 42.5 Å². The fourth-order valence-electron chi connectivity index (χ4n) is 3.39. The normalized spacial score (nSPS) is 10.9. The van der Waals surface area contributed by atoms with Crippen LogP contribution in [-0.4, -0.2) is 15.0 Å². The van der Waals surface area contributed by atoms with E-state index in [0.717, 1.165) is 17.7 Å². The Hall–Kier alpha value is -3.33. The molecule has 0 aliphatic rings. The molecule has 0 spiro atoms. The highest BCUT2D eigenvalue weighted by atomic mass is 14.7. The first-order valence-electron chi connectivity index (χ1n) is 9.12. The third-order valence-electron chi connectivity index (χ3n) is 4.81. The second-order valence-electron chi connectivity index (χ2n) is 6.71. The van der Waals surface area contributed by atoms with Crippen LogP contribution in [0.5, 0.6) is 0 Å². The van der Waals surface area contributed by atoms with E-state index in [4.69, 9.17) is 0 Å². The highest BCUT2D eigenvalue weighted by Gasteiger charge is 2.18. The SMILES string of the molecule is Cc1ccc(-c2ncccc2CC(c2cccnc2)c2cccnc2)cc1. The first-order chi connectivity index (χ1) is 13.3. The predicted octanol–water partition coefficient (Wildman–Crippen LogP) is 5.22. The van der Waals surface area contributed by atoms with Gasteiger partial charge in [-0.15, -0.1) is 0 Å². The van der Waals surface area contributed by atoms with Crippen LogP contribution in [0.1, 0.15) is 28.2 Å². The van der Waals surface area contributed by atoms with Gasteiger partial charge in [-0.3, -0.25) is 15.0 Å². The van der Waals surface area contributed by atoms with E-state index in [1.54, 1.807) is 0 Å². The number of aryl methyl sites for hydroxylation is 1. The highest BCUT2D eigenvalue weighted by Crippen LogP contribution is 2.31. The number of aromatic nitrogens is 3. The Bertz CT molecular complexity index is 957. The van der Waals surface area contributed by atoms with Crippen molar-refractivity contribution in [3.8, 4) is 11.3 Å². The van der Waals surface area contributed by atoms with Gasteiger partial charge in [0.25, 0.3) is 0 Å². The third kappa shape index (κ3) is 3.93. The maximum absolute atomic E-state index is 4.69. The molecular formula is C24H21N3. The zero-order valence-electron chi connectivity index (χ0n) is 15.3. The summed E-state index contributed by atoms with van der Waals surface area (Å²) < 4.78 is 0. The molecule has 0 aliphatic heterocycles. The number of pyridine rings is 3. The van der Waals surface area contributed by atoms with Gasteiger partial charge >= 0.3 is 0 Å². The molecule has 0 N–H and O–H groups in total. The molecule has 0 unspecified atom stereocenters. The lowest BCUT2D eigenvalue weighted by Crippen LogP contribution is -2.07. The lowest BCUT2D eigenvalue weighted by Gasteiger charge is -2.19. The van der Waals surface area contributed by atoms with Gasteiger partial charge in [0.05, 0.1) is 5.69 Å². The van der Waals surface area contributed by atoms with Gasteiger partial charge < -0.3 is 0 Å². The Morgan fingerprint density at radius 3 is 1.96 bits per heavy atom. The molecule has 0 atom stereocenters. The van der Waals surface area contributed by atoms with Gasteiger partial charge in [-0.25, -0.2) is 0 Å². The first-order valence-corrected chi connectivity index (χ1v) is 9.12. The van der Waals surface area contributed by atoms with Crippen LogP contribution < -0.4 is 0 Å². The minimum atomic E-state index is 0.181. The van der Waals surface area contributed by atoms with Crippen LogP contribution in [0.3, 0.4) is 0 Å². The fraction of sp³-hybridized carbons (Fsp3) is 0.125. The average Bonchev–Trinajstić information content (AvgIpc) is 2.74. The molecule has 0 amide bonds. The molecule has 3 aromatic heterocycles. The largest absolute Gasteiger partial charge is 0.264 e. The number of rotatable bonds is 5. The minimum absolute atomic E-state index is 0.181. The number of hydrogen-bond acceptors (Lipinski definition) is 3. The molecule has 0 saturated heterocycles. The molecule has 1 aromatic carbocycles. The standard InChI is InChI=1S/C24H21N3/c1-18-8-10-19(11-9-18)24-20(5-4-14-27-24)15-23(21-6-2-12-25-16-21)22-7-3-13-26-17-22/h2-14,16-17,23H,15H2,1H3. The Kier molecular flexibility index (Phi) is 5.01. The molecule has 3 heterocycles. The van der Waals surface area contributed by atoms with Gasteiger partial charge in [0.1, 0.15) is 0 Å². The van der Waals surface area contributed by atoms with Gasteiger partial charge in [0.2, 0.25) is 0 Å². The Balaban J connectivity index is 1.75. The van der Waals surface area contributed by atoms with Crippen LogP contribution in [0.15, 0.2) is 91.6 Å². The molecule has 0 saturated carbocycles. The van der Waals surface area contributed by atoms with E-state index in [0.29, 0.717) is 0 Å². The topological polar surface area (TPSA) is 38.7 Å². The van der Waals surface area contributed by atoms with Crippen molar-refractivity contribution in [2.75, 3.05) is 0 Å².